The van der Waals surface area contributed by atoms with Crippen LogP contribution in [0.2, 0.25) is 0 Å². The van der Waals surface area contributed by atoms with E-state index in [1.807, 2.05) is 0 Å². The molecule has 0 spiro atoms. The quantitative estimate of drug-likeness (QED) is 0.896. The van der Waals surface area contributed by atoms with Crippen molar-refractivity contribution in [1.29, 1.82) is 0 Å². The zero-order chi connectivity index (χ0) is 18.5. The molecule has 1 amide bonds. The molecule has 0 bridgehead atoms. The average molecular weight is 355 g/mol. The third kappa shape index (κ3) is 4.48. The van der Waals surface area contributed by atoms with E-state index in [0.717, 1.165) is 26.2 Å². The van der Waals surface area contributed by atoms with Gasteiger partial charge in [0.15, 0.2) is 0 Å². The molecule has 138 valence electrons. The summed E-state index contributed by atoms with van der Waals surface area (Å²) >= 11 is 0. The summed E-state index contributed by atoms with van der Waals surface area (Å²) in [6, 6.07) is 14.6. The molecule has 5 heteroatoms. The molecule has 1 heterocycles. The number of likely N-dealkylation sites (N-methyl/N-ethyl adjacent to an activating group) is 1. The highest BCUT2D eigenvalue weighted by atomic mass is 19.1. The zero-order valence-corrected chi connectivity index (χ0v) is 15.4. The first-order chi connectivity index (χ1) is 12.5. The lowest BCUT2D eigenvalue weighted by molar-refractivity contribution is 0.0883. The minimum absolute atomic E-state index is 0.0834. The lowest BCUT2D eigenvalue weighted by Crippen LogP contribution is -2.48. The van der Waals surface area contributed by atoms with E-state index < -0.39 is 5.82 Å². The van der Waals surface area contributed by atoms with Crippen molar-refractivity contribution in [3.05, 3.63) is 71.0 Å². The molecule has 1 aliphatic rings. The summed E-state index contributed by atoms with van der Waals surface area (Å²) in [6.07, 6.45) is 0. The van der Waals surface area contributed by atoms with Crippen LogP contribution in [0.5, 0.6) is 0 Å². The van der Waals surface area contributed by atoms with E-state index in [1.165, 1.54) is 23.3 Å². The number of carbonyl (C=O) groups is 1. The molecule has 1 saturated heterocycles. The van der Waals surface area contributed by atoms with E-state index in [9.17, 15) is 9.18 Å². The van der Waals surface area contributed by atoms with Crippen molar-refractivity contribution >= 4 is 5.91 Å². The largest absolute Gasteiger partial charge is 0.350 e. The first kappa shape index (κ1) is 18.5. The van der Waals surface area contributed by atoms with Crippen LogP contribution in [0.25, 0.3) is 0 Å². The lowest BCUT2D eigenvalue weighted by Gasteiger charge is -2.38. The van der Waals surface area contributed by atoms with Crippen LogP contribution >= 0.6 is 0 Å². The summed E-state index contributed by atoms with van der Waals surface area (Å²) in [7, 11) is 2.12. The molecule has 3 rings (SSSR count). The fraction of sp³-hybridized carbons (Fsp3) is 0.381. The number of aryl methyl sites for hydroxylation is 1. The van der Waals surface area contributed by atoms with Gasteiger partial charge in [0.2, 0.25) is 0 Å². The van der Waals surface area contributed by atoms with Crippen molar-refractivity contribution < 1.29 is 9.18 Å². The summed E-state index contributed by atoms with van der Waals surface area (Å²) in [5, 5.41) is 2.93. The van der Waals surface area contributed by atoms with Gasteiger partial charge >= 0.3 is 0 Å². The maximum atomic E-state index is 13.9. The molecule has 1 unspecified atom stereocenters. The van der Waals surface area contributed by atoms with E-state index in [2.05, 4.69) is 53.4 Å². The molecule has 1 atom stereocenters. The highest BCUT2D eigenvalue weighted by Crippen LogP contribution is 2.22. The number of rotatable bonds is 5. The van der Waals surface area contributed by atoms with Crippen LogP contribution in [0.3, 0.4) is 0 Å². The number of piperazine rings is 1. The first-order valence-electron chi connectivity index (χ1n) is 9.06. The number of hydrogen-bond acceptors (Lipinski definition) is 3. The van der Waals surface area contributed by atoms with Gasteiger partial charge in [0.25, 0.3) is 5.91 Å². The van der Waals surface area contributed by atoms with E-state index >= 15 is 0 Å². The third-order valence-electron chi connectivity index (χ3n) is 5.02. The van der Waals surface area contributed by atoms with Gasteiger partial charge < -0.3 is 10.2 Å². The second-order valence-corrected chi connectivity index (χ2v) is 6.96. The highest BCUT2D eigenvalue weighted by Gasteiger charge is 2.24. The standard InChI is InChI=1S/C21H26FN3O/c1-16-7-9-17(10-8-16)20(25-13-11-24(2)12-14-25)15-23-21(26)18-5-3-4-6-19(18)22/h3-10,20H,11-15H2,1-2H3,(H,23,26). The molecule has 1 aliphatic heterocycles. The number of carbonyl (C=O) groups excluding carboxylic acids is 1. The van der Waals surface area contributed by atoms with E-state index in [1.54, 1.807) is 12.1 Å². The Balaban J connectivity index is 1.74. The van der Waals surface area contributed by atoms with E-state index in [0.29, 0.717) is 6.54 Å². The molecule has 0 radical (unpaired) electrons. The second kappa shape index (κ2) is 8.43. The molecule has 0 saturated carbocycles. The van der Waals surface area contributed by atoms with Crippen molar-refractivity contribution in [2.24, 2.45) is 0 Å². The van der Waals surface area contributed by atoms with E-state index in [-0.39, 0.29) is 17.5 Å². The topological polar surface area (TPSA) is 35.6 Å². The van der Waals surface area contributed by atoms with E-state index in [4.69, 9.17) is 0 Å². The number of nitrogens with one attached hydrogen (secondary N) is 1. The summed E-state index contributed by atoms with van der Waals surface area (Å²) in [5.41, 5.74) is 2.48. The van der Waals surface area contributed by atoms with Crippen LogP contribution in [-0.2, 0) is 0 Å². The number of halogens is 1. The van der Waals surface area contributed by atoms with Gasteiger partial charge in [-0.15, -0.1) is 0 Å². The number of benzene rings is 2. The van der Waals surface area contributed by atoms with Crippen molar-refractivity contribution in [2.75, 3.05) is 39.8 Å². The Kier molecular flexibility index (Phi) is 6.01. The SMILES string of the molecule is Cc1ccc(C(CNC(=O)c2ccccc2F)N2CCN(C)CC2)cc1. The van der Waals surface area contributed by atoms with Crippen LogP contribution in [-0.4, -0.2) is 55.5 Å². The second-order valence-electron chi connectivity index (χ2n) is 6.96. The zero-order valence-electron chi connectivity index (χ0n) is 15.4. The van der Waals surface area contributed by atoms with Crippen LogP contribution < -0.4 is 5.32 Å². The van der Waals surface area contributed by atoms with Gasteiger partial charge in [0.05, 0.1) is 11.6 Å². The molecule has 0 aliphatic carbocycles. The van der Waals surface area contributed by atoms with Gasteiger partial charge in [-0.1, -0.05) is 42.0 Å². The van der Waals surface area contributed by atoms with Crippen molar-refractivity contribution in [3.63, 3.8) is 0 Å². The first-order valence-corrected chi connectivity index (χ1v) is 9.06. The minimum atomic E-state index is -0.489. The maximum Gasteiger partial charge on any atom is 0.254 e. The Morgan fingerprint density at radius 3 is 2.38 bits per heavy atom. The molecule has 2 aromatic rings. The molecule has 1 N–H and O–H groups in total. The lowest BCUT2D eigenvalue weighted by atomic mass is 10.0. The van der Waals surface area contributed by atoms with Crippen LogP contribution in [0.15, 0.2) is 48.5 Å². The summed E-state index contributed by atoms with van der Waals surface area (Å²) < 4.78 is 13.9. The molecular weight excluding hydrogens is 329 g/mol. The summed E-state index contributed by atoms with van der Waals surface area (Å²) in [4.78, 5) is 17.1. The maximum absolute atomic E-state index is 13.9. The molecule has 2 aromatic carbocycles. The average Bonchev–Trinajstić information content (AvgIpc) is 2.65. The molecule has 1 fully saturated rings. The van der Waals surface area contributed by atoms with Crippen molar-refractivity contribution in [2.45, 2.75) is 13.0 Å². The number of hydrogen-bond donors (Lipinski definition) is 1. The minimum Gasteiger partial charge on any atom is -0.350 e. The smallest absolute Gasteiger partial charge is 0.254 e. The Morgan fingerprint density at radius 1 is 1.08 bits per heavy atom. The van der Waals surface area contributed by atoms with Crippen molar-refractivity contribution in [1.82, 2.24) is 15.1 Å². The van der Waals surface area contributed by atoms with Crippen molar-refractivity contribution in [3.8, 4) is 0 Å². The Hall–Kier alpha value is -2.24. The molecule has 4 nitrogen and oxygen atoms in total. The van der Waals surface area contributed by atoms with Crippen LogP contribution in [0.1, 0.15) is 27.5 Å². The van der Waals surface area contributed by atoms with Gasteiger partial charge in [-0.2, -0.15) is 0 Å². The molecule has 0 aromatic heterocycles. The molecule has 26 heavy (non-hydrogen) atoms. The fourth-order valence-electron chi connectivity index (χ4n) is 3.31. The van der Waals surface area contributed by atoms with Crippen LogP contribution in [0, 0.1) is 12.7 Å². The summed E-state index contributed by atoms with van der Waals surface area (Å²) in [5.74, 6) is -0.856. The van der Waals surface area contributed by atoms with Gasteiger partial charge in [-0.25, -0.2) is 4.39 Å². The number of nitrogens with zero attached hydrogens (tertiary/aromatic N) is 2. The van der Waals surface area contributed by atoms with Gasteiger partial charge in [-0.3, -0.25) is 9.69 Å². The predicted molar refractivity (Wildman–Crippen MR) is 102 cm³/mol. The Morgan fingerprint density at radius 2 is 1.73 bits per heavy atom. The molecular formula is C21H26FN3O. The summed E-state index contributed by atoms with van der Waals surface area (Å²) in [6.45, 7) is 6.43. The number of amides is 1. The van der Waals surface area contributed by atoms with Gasteiger partial charge in [0, 0.05) is 32.7 Å². The predicted octanol–water partition coefficient (Wildman–Crippen LogP) is 2.85. The normalized spacial score (nSPS) is 17.0. The Bertz CT molecular complexity index is 739. The fourth-order valence-corrected chi connectivity index (χ4v) is 3.31. The third-order valence-corrected chi connectivity index (χ3v) is 5.02. The monoisotopic (exact) mass is 355 g/mol. The Labute approximate surface area is 154 Å². The van der Waals surface area contributed by atoms with Gasteiger partial charge in [-0.05, 0) is 31.7 Å². The van der Waals surface area contributed by atoms with Gasteiger partial charge in [0.1, 0.15) is 5.82 Å². The highest BCUT2D eigenvalue weighted by molar-refractivity contribution is 5.94. The van der Waals surface area contributed by atoms with Crippen LogP contribution in [0.4, 0.5) is 4.39 Å².